The third-order valence-corrected chi connectivity index (χ3v) is 4.32. The summed E-state index contributed by atoms with van der Waals surface area (Å²) in [5.74, 6) is -1.51. The number of carbonyl (C=O) groups excluding carboxylic acids is 2. The second-order valence-electron chi connectivity index (χ2n) is 5.62. The van der Waals surface area contributed by atoms with E-state index in [0.29, 0.717) is 13.1 Å². The molecule has 3 rings (SSSR count). The van der Waals surface area contributed by atoms with E-state index in [1.807, 2.05) is 6.07 Å². The molecule has 1 saturated heterocycles. The molecular weight excluding hydrogens is 299 g/mol. The molecule has 0 radical (unpaired) electrons. The number of rotatable bonds is 1. The second-order valence-corrected chi connectivity index (χ2v) is 5.62. The Balaban J connectivity index is 1.79. The molecule has 1 aliphatic rings. The molecule has 0 N–H and O–H groups in total. The molecule has 0 spiro atoms. The molecule has 5 nitrogen and oxygen atoms in total. The van der Waals surface area contributed by atoms with E-state index in [1.165, 1.54) is 24.1 Å². The molecular formula is C17H17FN2O3. The minimum absolute atomic E-state index is 0.212. The van der Waals surface area contributed by atoms with Gasteiger partial charge in [-0.05, 0) is 48.6 Å². The molecule has 23 heavy (non-hydrogen) atoms. The van der Waals surface area contributed by atoms with Crippen molar-refractivity contribution in [1.29, 1.82) is 0 Å². The monoisotopic (exact) mass is 316 g/mol. The molecule has 1 aliphatic heterocycles. The molecule has 0 unspecified atom stereocenters. The number of hydrogen-bond donors (Lipinski definition) is 0. The highest BCUT2D eigenvalue weighted by molar-refractivity contribution is 6.32. The molecule has 1 aromatic heterocycles. The third kappa shape index (κ3) is 3.02. The molecule has 0 atom stereocenters. The number of hydrogen-bond acceptors (Lipinski definition) is 4. The molecule has 0 saturated carbocycles. The minimum atomic E-state index is -0.833. The largest absolute Gasteiger partial charge is 0.462 e. The number of nitrogens with zero attached hydrogens (tertiary/aromatic N) is 2. The van der Waals surface area contributed by atoms with Crippen molar-refractivity contribution in [2.75, 3.05) is 20.2 Å². The molecule has 1 amide bonds. The standard InChI is InChI=1S/C17H17FN2O3/c1-23-17(22)16(21)20-8-5-11(6-9-20)13-4-7-19-15-3-2-12(18)10-14(13)15/h2-4,7,10-11H,5-6,8-9H2,1H3. The van der Waals surface area contributed by atoms with Gasteiger partial charge in [0.25, 0.3) is 0 Å². The number of amides is 1. The zero-order chi connectivity index (χ0) is 16.4. The molecule has 6 heteroatoms. The van der Waals surface area contributed by atoms with Gasteiger partial charge in [-0.2, -0.15) is 0 Å². The van der Waals surface area contributed by atoms with Gasteiger partial charge in [0.2, 0.25) is 0 Å². The van der Waals surface area contributed by atoms with E-state index in [-0.39, 0.29) is 11.7 Å². The zero-order valence-electron chi connectivity index (χ0n) is 12.8. The Labute approximate surface area is 133 Å². The molecule has 2 aromatic rings. The number of fused-ring (bicyclic) bond motifs is 1. The van der Waals surface area contributed by atoms with Crippen molar-refractivity contribution in [2.24, 2.45) is 0 Å². The predicted octanol–water partition coefficient (Wildman–Crippen LogP) is 2.25. The van der Waals surface area contributed by atoms with Gasteiger partial charge >= 0.3 is 11.9 Å². The van der Waals surface area contributed by atoms with Crippen LogP contribution in [-0.4, -0.2) is 42.0 Å². The van der Waals surface area contributed by atoms with Crippen LogP contribution in [0, 0.1) is 5.82 Å². The average molecular weight is 316 g/mol. The number of aromatic nitrogens is 1. The van der Waals surface area contributed by atoms with Crippen LogP contribution < -0.4 is 0 Å². The SMILES string of the molecule is COC(=O)C(=O)N1CCC(c2ccnc3ccc(F)cc23)CC1. The summed E-state index contributed by atoms with van der Waals surface area (Å²) < 4.78 is 18.0. The lowest BCUT2D eigenvalue weighted by atomic mass is 9.87. The number of carbonyl (C=O) groups is 2. The summed E-state index contributed by atoms with van der Waals surface area (Å²) in [7, 11) is 1.20. The van der Waals surface area contributed by atoms with Crippen LogP contribution in [0.1, 0.15) is 24.3 Å². The number of esters is 1. The molecule has 1 aromatic carbocycles. The summed E-state index contributed by atoms with van der Waals surface area (Å²) in [6.45, 7) is 0.968. The third-order valence-electron chi connectivity index (χ3n) is 4.32. The lowest BCUT2D eigenvalue weighted by Crippen LogP contribution is -2.42. The molecule has 0 aliphatic carbocycles. The van der Waals surface area contributed by atoms with E-state index in [9.17, 15) is 14.0 Å². The van der Waals surface area contributed by atoms with Crippen LogP contribution in [0.4, 0.5) is 4.39 Å². The number of likely N-dealkylation sites (tertiary alicyclic amines) is 1. The van der Waals surface area contributed by atoms with Gasteiger partial charge in [0.15, 0.2) is 0 Å². The van der Waals surface area contributed by atoms with Gasteiger partial charge in [-0.25, -0.2) is 9.18 Å². The van der Waals surface area contributed by atoms with Crippen molar-refractivity contribution in [2.45, 2.75) is 18.8 Å². The van der Waals surface area contributed by atoms with E-state index in [2.05, 4.69) is 9.72 Å². The maximum atomic E-state index is 13.5. The van der Waals surface area contributed by atoms with Crippen molar-refractivity contribution in [3.8, 4) is 0 Å². The van der Waals surface area contributed by atoms with Gasteiger partial charge in [0.1, 0.15) is 5.82 Å². The Morgan fingerprint density at radius 2 is 2.00 bits per heavy atom. The maximum absolute atomic E-state index is 13.5. The number of ether oxygens (including phenoxy) is 1. The molecule has 1 fully saturated rings. The molecule has 2 heterocycles. The predicted molar refractivity (Wildman–Crippen MR) is 82.3 cm³/mol. The fourth-order valence-electron chi connectivity index (χ4n) is 3.11. The van der Waals surface area contributed by atoms with E-state index in [0.717, 1.165) is 29.3 Å². The number of piperidine rings is 1. The topological polar surface area (TPSA) is 59.5 Å². The fourth-order valence-corrected chi connectivity index (χ4v) is 3.11. The van der Waals surface area contributed by atoms with Crippen molar-refractivity contribution in [3.05, 3.63) is 41.8 Å². The molecule has 0 bridgehead atoms. The van der Waals surface area contributed by atoms with Crippen LogP contribution in [0.3, 0.4) is 0 Å². The fraction of sp³-hybridized carbons (Fsp3) is 0.353. The van der Waals surface area contributed by atoms with Gasteiger partial charge in [0, 0.05) is 24.7 Å². The van der Waals surface area contributed by atoms with Gasteiger partial charge in [0.05, 0.1) is 12.6 Å². The Bertz CT molecular complexity index is 755. The number of halogens is 1. The highest BCUT2D eigenvalue weighted by Crippen LogP contribution is 2.32. The highest BCUT2D eigenvalue weighted by atomic mass is 19.1. The molecule has 120 valence electrons. The van der Waals surface area contributed by atoms with Gasteiger partial charge < -0.3 is 9.64 Å². The van der Waals surface area contributed by atoms with Gasteiger partial charge in [-0.3, -0.25) is 9.78 Å². The first-order valence-electron chi connectivity index (χ1n) is 7.51. The lowest BCUT2D eigenvalue weighted by molar-refractivity contribution is -0.158. The number of benzene rings is 1. The zero-order valence-corrected chi connectivity index (χ0v) is 12.8. The Hall–Kier alpha value is -2.50. The summed E-state index contributed by atoms with van der Waals surface area (Å²) in [4.78, 5) is 28.9. The van der Waals surface area contributed by atoms with Crippen LogP contribution in [0.2, 0.25) is 0 Å². The second kappa shape index (κ2) is 6.32. The highest BCUT2D eigenvalue weighted by Gasteiger charge is 2.28. The quantitative estimate of drug-likeness (QED) is 0.598. The van der Waals surface area contributed by atoms with Gasteiger partial charge in [-0.1, -0.05) is 0 Å². The van der Waals surface area contributed by atoms with E-state index < -0.39 is 11.9 Å². The van der Waals surface area contributed by atoms with E-state index in [1.54, 1.807) is 12.3 Å². The lowest BCUT2D eigenvalue weighted by Gasteiger charge is -2.31. The van der Waals surface area contributed by atoms with Crippen molar-refractivity contribution in [3.63, 3.8) is 0 Å². The smallest absolute Gasteiger partial charge is 0.396 e. The van der Waals surface area contributed by atoms with Crippen molar-refractivity contribution in [1.82, 2.24) is 9.88 Å². The van der Waals surface area contributed by atoms with E-state index in [4.69, 9.17) is 0 Å². The van der Waals surface area contributed by atoms with Gasteiger partial charge in [-0.15, -0.1) is 0 Å². The number of pyridine rings is 1. The first-order valence-corrected chi connectivity index (χ1v) is 7.51. The van der Waals surface area contributed by atoms with Crippen molar-refractivity contribution >= 4 is 22.8 Å². The summed E-state index contributed by atoms with van der Waals surface area (Å²) in [6, 6.07) is 6.48. The summed E-state index contributed by atoms with van der Waals surface area (Å²) >= 11 is 0. The number of methoxy groups -OCH3 is 1. The Morgan fingerprint density at radius 3 is 2.70 bits per heavy atom. The first-order chi connectivity index (χ1) is 11.1. The minimum Gasteiger partial charge on any atom is -0.462 e. The Morgan fingerprint density at radius 1 is 1.26 bits per heavy atom. The van der Waals surface area contributed by atoms with Crippen LogP contribution in [0.25, 0.3) is 10.9 Å². The maximum Gasteiger partial charge on any atom is 0.396 e. The first kappa shape index (κ1) is 15.4. The van der Waals surface area contributed by atoms with E-state index >= 15 is 0 Å². The summed E-state index contributed by atoms with van der Waals surface area (Å²) in [5, 5.41) is 0.810. The summed E-state index contributed by atoms with van der Waals surface area (Å²) in [5.41, 5.74) is 1.80. The summed E-state index contributed by atoms with van der Waals surface area (Å²) in [6.07, 6.45) is 3.16. The van der Waals surface area contributed by atoms with Crippen LogP contribution in [-0.2, 0) is 14.3 Å². The normalized spacial score (nSPS) is 15.7. The van der Waals surface area contributed by atoms with Crippen LogP contribution in [0.5, 0.6) is 0 Å². The van der Waals surface area contributed by atoms with Crippen molar-refractivity contribution < 1.29 is 18.7 Å². The van der Waals surface area contributed by atoms with Crippen LogP contribution >= 0.6 is 0 Å². The van der Waals surface area contributed by atoms with Crippen LogP contribution in [0.15, 0.2) is 30.5 Å². The Kier molecular flexibility index (Phi) is 4.23. The average Bonchev–Trinajstić information content (AvgIpc) is 2.60.